The van der Waals surface area contributed by atoms with Crippen molar-refractivity contribution in [3.8, 4) is 11.3 Å². The van der Waals surface area contributed by atoms with Crippen LogP contribution < -0.4 is 0 Å². The molecular formula is C28H27N5O. The number of H-pyrrole nitrogens is 1. The number of aryl methyl sites for hydroxylation is 2. The molecule has 6 rings (SSSR count). The monoisotopic (exact) mass is 449 g/mol. The number of piperidine rings is 1. The van der Waals surface area contributed by atoms with E-state index >= 15 is 0 Å². The van der Waals surface area contributed by atoms with E-state index in [0.29, 0.717) is 11.5 Å². The van der Waals surface area contributed by atoms with Gasteiger partial charge in [-0.05, 0) is 43.4 Å². The SMILES string of the molecule is Cc1nn(C)c2nc(-c3ccccc3)cc(C(=O)N3CCC(c4c[nH]c5ccccc45)CC3)c12. The van der Waals surface area contributed by atoms with Gasteiger partial charge in [0.1, 0.15) is 0 Å². The van der Waals surface area contributed by atoms with Gasteiger partial charge in [-0.3, -0.25) is 9.48 Å². The van der Waals surface area contributed by atoms with Gasteiger partial charge in [0, 0.05) is 42.8 Å². The summed E-state index contributed by atoms with van der Waals surface area (Å²) >= 11 is 0. The third kappa shape index (κ3) is 3.37. The van der Waals surface area contributed by atoms with E-state index in [2.05, 4.69) is 40.5 Å². The number of nitrogens with zero attached hydrogens (tertiary/aromatic N) is 4. The second-order valence-electron chi connectivity index (χ2n) is 9.18. The third-order valence-electron chi connectivity index (χ3n) is 7.11. The highest BCUT2D eigenvalue weighted by molar-refractivity contribution is 6.07. The van der Waals surface area contributed by atoms with Crippen LogP contribution in [0.15, 0.2) is 66.9 Å². The number of fused-ring (bicyclic) bond motifs is 2. The van der Waals surface area contributed by atoms with Crippen molar-refractivity contribution in [3.63, 3.8) is 0 Å². The Hall–Kier alpha value is -3.93. The Balaban J connectivity index is 1.32. The number of rotatable bonds is 3. The number of amides is 1. The van der Waals surface area contributed by atoms with Crippen LogP contribution in [0, 0.1) is 6.92 Å². The molecule has 1 aliphatic heterocycles. The molecule has 0 unspecified atom stereocenters. The Bertz CT molecular complexity index is 1510. The van der Waals surface area contributed by atoms with Crippen LogP contribution in [0.2, 0.25) is 0 Å². The average molecular weight is 450 g/mol. The minimum atomic E-state index is 0.0676. The Morgan fingerprint density at radius 1 is 1.03 bits per heavy atom. The minimum absolute atomic E-state index is 0.0676. The van der Waals surface area contributed by atoms with Crippen LogP contribution in [0.5, 0.6) is 0 Å². The van der Waals surface area contributed by atoms with Gasteiger partial charge in [-0.25, -0.2) is 4.98 Å². The number of pyridine rings is 1. The van der Waals surface area contributed by atoms with Gasteiger partial charge in [-0.1, -0.05) is 48.5 Å². The molecule has 34 heavy (non-hydrogen) atoms. The molecule has 0 atom stereocenters. The zero-order chi connectivity index (χ0) is 23.2. The van der Waals surface area contributed by atoms with Crippen molar-refractivity contribution in [3.05, 3.63) is 83.7 Å². The molecule has 6 heteroatoms. The van der Waals surface area contributed by atoms with Crippen LogP contribution in [0.1, 0.15) is 40.4 Å². The molecule has 0 radical (unpaired) electrons. The van der Waals surface area contributed by atoms with Crippen molar-refractivity contribution >= 4 is 27.8 Å². The number of benzene rings is 2. The van der Waals surface area contributed by atoms with Crippen LogP contribution in [-0.4, -0.2) is 43.6 Å². The normalized spacial score (nSPS) is 14.8. The first-order valence-electron chi connectivity index (χ1n) is 11.8. The molecule has 170 valence electrons. The second kappa shape index (κ2) is 8.13. The lowest BCUT2D eigenvalue weighted by Gasteiger charge is -2.32. The summed E-state index contributed by atoms with van der Waals surface area (Å²) in [5.41, 5.74) is 6.61. The standard InChI is InChI=1S/C28H27N5O/c1-18-26-22(16-25(20-8-4-3-5-9-20)30-27(26)32(2)31-18)28(34)33-14-12-19(13-15-33)23-17-29-24-11-7-6-10-21(23)24/h3-11,16-17,19,29H,12-15H2,1-2H3. The number of hydrogen-bond donors (Lipinski definition) is 1. The quantitative estimate of drug-likeness (QED) is 0.399. The van der Waals surface area contributed by atoms with Gasteiger partial charge in [0.2, 0.25) is 0 Å². The summed E-state index contributed by atoms with van der Waals surface area (Å²) in [4.78, 5) is 24.1. The van der Waals surface area contributed by atoms with E-state index in [0.717, 1.165) is 53.9 Å². The molecule has 2 aromatic carbocycles. The molecule has 0 saturated carbocycles. The maximum atomic E-state index is 13.8. The van der Waals surface area contributed by atoms with E-state index in [1.165, 1.54) is 16.5 Å². The Labute approximate surface area is 198 Å². The Morgan fingerprint density at radius 3 is 2.56 bits per heavy atom. The van der Waals surface area contributed by atoms with E-state index in [1.807, 2.05) is 55.3 Å². The molecule has 6 nitrogen and oxygen atoms in total. The van der Waals surface area contributed by atoms with E-state index in [9.17, 15) is 4.79 Å². The number of carbonyl (C=O) groups excluding carboxylic acids is 1. The summed E-state index contributed by atoms with van der Waals surface area (Å²) in [6.45, 7) is 3.44. The van der Waals surface area contributed by atoms with Gasteiger partial charge < -0.3 is 9.88 Å². The number of carbonyl (C=O) groups is 1. The van der Waals surface area contributed by atoms with E-state index in [-0.39, 0.29) is 5.91 Å². The molecule has 1 saturated heterocycles. The first kappa shape index (κ1) is 20.7. The molecule has 3 aromatic heterocycles. The van der Waals surface area contributed by atoms with Crippen LogP contribution in [0.25, 0.3) is 33.2 Å². The van der Waals surface area contributed by atoms with Crippen molar-refractivity contribution in [2.45, 2.75) is 25.7 Å². The molecule has 1 fully saturated rings. The summed E-state index contributed by atoms with van der Waals surface area (Å²) in [7, 11) is 1.89. The van der Waals surface area contributed by atoms with Gasteiger partial charge in [0.25, 0.3) is 5.91 Å². The van der Waals surface area contributed by atoms with Gasteiger partial charge in [-0.2, -0.15) is 5.10 Å². The van der Waals surface area contributed by atoms with Crippen LogP contribution >= 0.6 is 0 Å². The highest BCUT2D eigenvalue weighted by atomic mass is 16.2. The summed E-state index contributed by atoms with van der Waals surface area (Å²) < 4.78 is 1.77. The largest absolute Gasteiger partial charge is 0.361 e. The van der Waals surface area contributed by atoms with Crippen molar-refractivity contribution in [2.24, 2.45) is 7.05 Å². The van der Waals surface area contributed by atoms with Crippen molar-refractivity contribution in [1.29, 1.82) is 0 Å². The maximum absolute atomic E-state index is 13.8. The lowest BCUT2D eigenvalue weighted by atomic mass is 9.89. The summed E-state index contributed by atoms with van der Waals surface area (Å²) in [5.74, 6) is 0.524. The zero-order valence-corrected chi connectivity index (χ0v) is 19.5. The molecular weight excluding hydrogens is 422 g/mol. The fraction of sp³-hybridized carbons (Fsp3) is 0.250. The molecule has 1 amide bonds. The average Bonchev–Trinajstić information content (AvgIpc) is 3.44. The molecule has 5 aromatic rings. The lowest BCUT2D eigenvalue weighted by molar-refractivity contribution is 0.0715. The van der Waals surface area contributed by atoms with Crippen LogP contribution in [0.4, 0.5) is 0 Å². The van der Waals surface area contributed by atoms with Gasteiger partial charge in [0.05, 0.1) is 22.3 Å². The molecule has 0 spiro atoms. The number of aromatic nitrogens is 4. The number of hydrogen-bond acceptors (Lipinski definition) is 3. The first-order valence-corrected chi connectivity index (χ1v) is 11.8. The van der Waals surface area contributed by atoms with E-state index < -0.39 is 0 Å². The third-order valence-corrected chi connectivity index (χ3v) is 7.11. The Morgan fingerprint density at radius 2 is 1.76 bits per heavy atom. The number of para-hydroxylation sites is 1. The predicted molar refractivity (Wildman–Crippen MR) is 135 cm³/mol. The van der Waals surface area contributed by atoms with E-state index in [4.69, 9.17) is 4.98 Å². The second-order valence-corrected chi connectivity index (χ2v) is 9.18. The van der Waals surface area contributed by atoms with Crippen LogP contribution in [-0.2, 0) is 7.05 Å². The summed E-state index contributed by atoms with van der Waals surface area (Å²) in [6, 6.07) is 20.4. The fourth-order valence-corrected chi connectivity index (χ4v) is 5.37. The van der Waals surface area contributed by atoms with E-state index in [1.54, 1.807) is 4.68 Å². The zero-order valence-electron chi connectivity index (χ0n) is 19.5. The predicted octanol–water partition coefficient (Wildman–Crippen LogP) is 5.44. The molecule has 0 bridgehead atoms. The number of nitrogens with one attached hydrogen (secondary N) is 1. The fourth-order valence-electron chi connectivity index (χ4n) is 5.37. The van der Waals surface area contributed by atoms with Crippen molar-refractivity contribution < 1.29 is 4.79 Å². The van der Waals surface area contributed by atoms with Gasteiger partial charge >= 0.3 is 0 Å². The molecule has 0 aliphatic carbocycles. The summed E-state index contributed by atoms with van der Waals surface area (Å²) in [6.07, 6.45) is 4.06. The van der Waals surface area contributed by atoms with Gasteiger partial charge in [-0.15, -0.1) is 0 Å². The van der Waals surface area contributed by atoms with Crippen LogP contribution in [0.3, 0.4) is 0 Å². The smallest absolute Gasteiger partial charge is 0.254 e. The highest BCUT2D eigenvalue weighted by Crippen LogP contribution is 2.34. The minimum Gasteiger partial charge on any atom is -0.361 e. The summed E-state index contributed by atoms with van der Waals surface area (Å²) in [5, 5.41) is 6.71. The van der Waals surface area contributed by atoms with Gasteiger partial charge in [0.15, 0.2) is 5.65 Å². The molecule has 1 N–H and O–H groups in total. The highest BCUT2D eigenvalue weighted by Gasteiger charge is 2.28. The lowest BCUT2D eigenvalue weighted by Crippen LogP contribution is -2.38. The molecule has 1 aliphatic rings. The number of likely N-dealkylation sites (tertiary alicyclic amines) is 1. The van der Waals surface area contributed by atoms with Crippen molar-refractivity contribution in [2.75, 3.05) is 13.1 Å². The first-order chi connectivity index (χ1) is 16.6. The Kier molecular flexibility index (Phi) is 4.94. The van der Waals surface area contributed by atoms with Crippen molar-refractivity contribution in [1.82, 2.24) is 24.6 Å². The topological polar surface area (TPSA) is 66.8 Å². The maximum Gasteiger partial charge on any atom is 0.254 e. The number of aromatic amines is 1. The molecule has 4 heterocycles.